The van der Waals surface area contributed by atoms with Gasteiger partial charge in [0, 0.05) is 30.5 Å². The van der Waals surface area contributed by atoms with Gasteiger partial charge in [0.15, 0.2) is 0 Å². The van der Waals surface area contributed by atoms with E-state index in [1.807, 2.05) is 18.3 Å². The maximum atomic E-state index is 12.5. The van der Waals surface area contributed by atoms with Crippen LogP contribution in [0.15, 0.2) is 48.8 Å². The molecule has 1 amide bonds. The van der Waals surface area contributed by atoms with E-state index in [4.69, 9.17) is 0 Å². The summed E-state index contributed by atoms with van der Waals surface area (Å²) >= 11 is 0. The van der Waals surface area contributed by atoms with Gasteiger partial charge in [-0.2, -0.15) is 0 Å². The number of hydrogen-bond acceptors (Lipinski definition) is 4. The van der Waals surface area contributed by atoms with Gasteiger partial charge >= 0.3 is 0 Å². The van der Waals surface area contributed by atoms with Gasteiger partial charge in [-0.15, -0.1) is 0 Å². The van der Waals surface area contributed by atoms with Crippen LogP contribution in [-0.2, 0) is 4.79 Å². The Hall–Kier alpha value is -2.40. The molecule has 5 heteroatoms. The molecule has 2 aliphatic heterocycles. The molecule has 0 saturated carbocycles. The monoisotopic (exact) mass is 392 g/mol. The molecule has 2 aromatic rings. The SMILES string of the molecule is CC(C)(C)N1CCC(c2ccc(NC(=O)C3CN(c4cccnc4)C3)cc2)CC1. The van der Waals surface area contributed by atoms with Crippen molar-refractivity contribution in [3.8, 4) is 0 Å². The second kappa shape index (κ2) is 8.15. The molecule has 1 N–H and O–H groups in total. The van der Waals surface area contributed by atoms with Crippen LogP contribution >= 0.6 is 0 Å². The highest BCUT2D eigenvalue weighted by Gasteiger charge is 2.33. The van der Waals surface area contributed by atoms with Crippen molar-refractivity contribution < 1.29 is 4.79 Å². The number of aromatic nitrogens is 1. The van der Waals surface area contributed by atoms with Crippen LogP contribution in [0.25, 0.3) is 0 Å². The second-order valence-electron chi connectivity index (χ2n) is 9.36. The van der Waals surface area contributed by atoms with Crippen molar-refractivity contribution in [2.75, 3.05) is 36.4 Å². The van der Waals surface area contributed by atoms with Gasteiger partial charge in [0.2, 0.25) is 5.91 Å². The van der Waals surface area contributed by atoms with Gasteiger partial charge in [-0.25, -0.2) is 0 Å². The molecule has 2 aliphatic rings. The number of anilines is 2. The normalized spacial score (nSPS) is 19.1. The molecule has 154 valence electrons. The molecular formula is C24H32N4O. The van der Waals surface area contributed by atoms with Crippen LogP contribution in [0.5, 0.6) is 0 Å². The summed E-state index contributed by atoms with van der Waals surface area (Å²) in [5, 5.41) is 3.08. The van der Waals surface area contributed by atoms with E-state index in [0.29, 0.717) is 5.92 Å². The van der Waals surface area contributed by atoms with Crippen molar-refractivity contribution >= 4 is 17.3 Å². The van der Waals surface area contributed by atoms with Gasteiger partial charge in [0.25, 0.3) is 0 Å². The average Bonchev–Trinajstić information content (AvgIpc) is 2.68. The summed E-state index contributed by atoms with van der Waals surface area (Å²) in [4.78, 5) is 21.4. The van der Waals surface area contributed by atoms with Gasteiger partial charge in [0.05, 0.1) is 17.8 Å². The molecule has 5 nitrogen and oxygen atoms in total. The first-order chi connectivity index (χ1) is 13.9. The Morgan fingerprint density at radius 3 is 2.34 bits per heavy atom. The summed E-state index contributed by atoms with van der Waals surface area (Å²) in [7, 11) is 0. The Balaban J connectivity index is 1.26. The number of nitrogens with one attached hydrogen (secondary N) is 1. The summed E-state index contributed by atoms with van der Waals surface area (Å²) < 4.78 is 0. The first-order valence-electron chi connectivity index (χ1n) is 10.7. The summed E-state index contributed by atoms with van der Waals surface area (Å²) in [5.41, 5.74) is 3.62. The van der Waals surface area contributed by atoms with E-state index in [-0.39, 0.29) is 17.4 Å². The first-order valence-corrected chi connectivity index (χ1v) is 10.7. The molecule has 0 radical (unpaired) electrons. The van der Waals surface area contributed by atoms with E-state index in [1.165, 1.54) is 18.4 Å². The smallest absolute Gasteiger partial charge is 0.231 e. The van der Waals surface area contributed by atoms with Gasteiger partial charge < -0.3 is 10.2 Å². The van der Waals surface area contributed by atoms with Crippen LogP contribution in [-0.4, -0.2) is 47.5 Å². The van der Waals surface area contributed by atoms with Crippen molar-refractivity contribution in [3.05, 3.63) is 54.4 Å². The summed E-state index contributed by atoms with van der Waals surface area (Å²) in [6.07, 6.45) is 6.02. The molecule has 2 saturated heterocycles. The summed E-state index contributed by atoms with van der Waals surface area (Å²) in [5.74, 6) is 0.769. The lowest BCUT2D eigenvalue weighted by Crippen LogP contribution is -2.52. The number of rotatable bonds is 4. The largest absolute Gasteiger partial charge is 0.369 e. The highest BCUT2D eigenvalue weighted by atomic mass is 16.2. The number of piperidine rings is 1. The van der Waals surface area contributed by atoms with Crippen molar-refractivity contribution in [3.63, 3.8) is 0 Å². The fourth-order valence-corrected chi connectivity index (χ4v) is 4.36. The molecule has 1 aromatic heterocycles. The maximum absolute atomic E-state index is 12.5. The van der Waals surface area contributed by atoms with E-state index in [1.54, 1.807) is 6.20 Å². The molecule has 2 fully saturated rings. The third kappa shape index (κ3) is 4.61. The minimum absolute atomic E-state index is 0.0385. The third-order valence-electron chi connectivity index (χ3n) is 6.36. The number of hydrogen-bond donors (Lipinski definition) is 1. The van der Waals surface area contributed by atoms with Crippen LogP contribution in [0.3, 0.4) is 0 Å². The number of nitrogens with zero attached hydrogens (tertiary/aromatic N) is 3. The van der Waals surface area contributed by atoms with Crippen LogP contribution < -0.4 is 10.2 Å². The number of carbonyl (C=O) groups is 1. The Kier molecular flexibility index (Phi) is 5.59. The number of carbonyl (C=O) groups excluding carboxylic acids is 1. The van der Waals surface area contributed by atoms with Crippen LogP contribution in [0.1, 0.15) is 45.1 Å². The molecule has 3 heterocycles. The van der Waals surface area contributed by atoms with Crippen molar-refractivity contribution in [1.82, 2.24) is 9.88 Å². The lowest BCUT2D eigenvalue weighted by Gasteiger charge is -2.41. The molecule has 1 aromatic carbocycles. The molecule has 0 bridgehead atoms. The average molecular weight is 393 g/mol. The van der Waals surface area contributed by atoms with Gasteiger partial charge in [-0.1, -0.05) is 12.1 Å². The minimum Gasteiger partial charge on any atom is -0.369 e. The molecule has 0 atom stereocenters. The number of pyridine rings is 1. The number of likely N-dealkylation sites (tertiary alicyclic amines) is 1. The van der Waals surface area contributed by atoms with Gasteiger partial charge in [0.1, 0.15) is 0 Å². The minimum atomic E-state index is 0.0385. The molecule has 0 aliphatic carbocycles. The van der Waals surface area contributed by atoms with E-state index >= 15 is 0 Å². The van der Waals surface area contributed by atoms with Crippen molar-refractivity contribution in [2.45, 2.75) is 45.1 Å². The Bertz CT molecular complexity index is 814. The highest BCUT2D eigenvalue weighted by Crippen LogP contribution is 2.32. The highest BCUT2D eigenvalue weighted by molar-refractivity contribution is 5.94. The van der Waals surface area contributed by atoms with Gasteiger partial charge in [-0.05, 0) is 82.4 Å². The van der Waals surface area contributed by atoms with E-state index < -0.39 is 0 Å². The van der Waals surface area contributed by atoms with Crippen molar-refractivity contribution in [1.29, 1.82) is 0 Å². The Morgan fingerprint density at radius 1 is 1.07 bits per heavy atom. The van der Waals surface area contributed by atoms with E-state index in [9.17, 15) is 4.79 Å². The zero-order chi connectivity index (χ0) is 20.4. The predicted octanol–water partition coefficient (Wildman–Crippen LogP) is 4.13. The zero-order valence-electron chi connectivity index (χ0n) is 17.8. The lowest BCUT2D eigenvalue weighted by molar-refractivity contribution is -0.120. The molecule has 0 unspecified atom stereocenters. The third-order valence-corrected chi connectivity index (χ3v) is 6.36. The molecule has 4 rings (SSSR count). The Morgan fingerprint density at radius 2 is 1.76 bits per heavy atom. The second-order valence-corrected chi connectivity index (χ2v) is 9.36. The van der Waals surface area contributed by atoms with E-state index in [2.05, 4.69) is 65.1 Å². The molecular weight excluding hydrogens is 360 g/mol. The summed E-state index contributed by atoms with van der Waals surface area (Å²) in [6, 6.07) is 12.5. The van der Waals surface area contributed by atoms with Crippen LogP contribution in [0.2, 0.25) is 0 Å². The molecule has 0 spiro atoms. The fourth-order valence-electron chi connectivity index (χ4n) is 4.36. The quantitative estimate of drug-likeness (QED) is 0.850. The topological polar surface area (TPSA) is 48.5 Å². The van der Waals surface area contributed by atoms with Gasteiger partial charge in [-0.3, -0.25) is 14.7 Å². The predicted molar refractivity (Wildman–Crippen MR) is 118 cm³/mol. The zero-order valence-corrected chi connectivity index (χ0v) is 17.8. The number of benzene rings is 1. The fraction of sp³-hybridized carbons (Fsp3) is 0.500. The Labute approximate surface area is 174 Å². The van der Waals surface area contributed by atoms with Crippen molar-refractivity contribution in [2.24, 2.45) is 5.92 Å². The maximum Gasteiger partial charge on any atom is 0.231 e. The first kappa shape index (κ1) is 19.9. The van der Waals surface area contributed by atoms with Crippen LogP contribution in [0, 0.1) is 5.92 Å². The van der Waals surface area contributed by atoms with Crippen LogP contribution in [0.4, 0.5) is 11.4 Å². The number of amides is 1. The molecule has 29 heavy (non-hydrogen) atoms. The lowest BCUT2D eigenvalue weighted by atomic mass is 9.87. The van der Waals surface area contributed by atoms with E-state index in [0.717, 1.165) is 37.6 Å². The standard InChI is InChI=1S/C24H32N4O/c1-24(2,3)28-13-10-19(11-14-28)18-6-8-21(9-7-18)26-23(29)20-16-27(17-20)22-5-4-12-25-15-22/h4-9,12,15,19-20H,10-11,13-14,16-17H2,1-3H3,(H,26,29). The summed E-state index contributed by atoms with van der Waals surface area (Å²) in [6.45, 7) is 10.7.